The Morgan fingerprint density at radius 1 is 1.50 bits per heavy atom. The molecule has 5 nitrogen and oxygen atoms in total. The lowest BCUT2D eigenvalue weighted by atomic mass is 10.4. The first kappa shape index (κ1) is 9.29. The Labute approximate surface area is 95.2 Å². The lowest BCUT2D eigenvalue weighted by Crippen LogP contribution is -2.23. The number of pyridine rings is 1. The van der Waals surface area contributed by atoms with E-state index < -0.39 is 0 Å². The molecule has 3 heterocycles. The van der Waals surface area contributed by atoms with Crippen LogP contribution in [0.25, 0.3) is 20.8 Å². The lowest BCUT2D eigenvalue weighted by Gasteiger charge is -1.91. The normalized spacial score (nSPS) is 11.1. The molecule has 0 amide bonds. The highest BCUT2D eigenvalue weighted by molar-refractivity contribution is 7.21. The number of aryl methyl sites for hydroxylation is 1. The van der Waals surface area contributed by atoms with Crippen molar-refractivity contribution in [2.45, 2.75) is 0 Å². The van der Waals surface area contributed by atoms with Gasteiger partial charge in [0.25, 0.3) is 0 Å². The van der Waals surface area contributed by atoms with E-state index in [4.69, 9.17) is 0 Å². The van der Waals surface area contributed by atoms with E-state index in [0.29, 0.717) is 0 Å². The van der Waals surface area contributed by atoms with E-state index in [-0.39, 0.29) is 0 Å². The van der Waals surface area contributed by atoms with Gasteiger partial charge in [0.2, 0.25) is 6.20 Å². The van der Waals surface area contributed by atoms with Crippen LogP contribution >= 0.6 is 11.3 Å². The summed E-state index contributed by atoms with van der Waals surface area (Å²) in [6.45, 7) is 0. The molecule has 0 fully saturated rings. The molecular formula is C10H8N4OS. The summed E-state index contributed by atoms with van der Waals surface area (Å²) in [7, 11) is 1.86. The highest BCUT2D eigenvalue weighted by Gasteiger charge is 2.09. The summed E-state index contributed by atoms with van der Waals surface area (Å²) in [4.78, 5) is 4.40. The van der Waals surface area contributed by atoms with Crippen molar-refractivity contribution in [3.63, 3.8) is 0 Å². The molecule has 0 aliphatic carbocycles. The van der Waals surface area contributed by atoms with Gasteiger partial charge in [-0.1, -0.05) is 0 Å². The average Bonchev–Trinajstić information content (AvgIpc) is 2.83. The largest absolute Gasteiger partial charge is 0.619 e. The van der Waals surface area contributed by atoms with Crippen molar-refractivity contribution in [2.24, 2.45) is 7.05 Å². The zero-order valence-electron chi connectivity index (χ0n) is 8.49. The van der Waals surface area contributed by atoms with Gasteiger partial charge < -0.3 is 5.21 Å². The Balaban J connectivity index is 2.18. The van der Waals surface area contributed by atoms with Gasteiger partial charge >= 0.3 is 0 Å². The zero-order valence-corrected chi connectivity index (χ0v) is 9.31. The number of hydrogen-bond acceptors (Lipinski definition) is 4. The number of thiazole rings is 1. The van der Waals surface area contributed by atoms with Crippen LogP contribution in [-0.4, -0.2) is 14.8 Å². The molecule has 0 unspecified atom stereocenters. The second-order valence-electron chi connectivity index (χ2n) is 3.48. The molecular weight excluding hydrogens is 224 g/mol. The summed E-state index contributed by atoms with van der Waals surface area (Å²) >= 11 is 1.56. The van der Waals surface area contributed by atoms with Crippen molar-refractivity contribution in [3.05, 3.63) is 36.1 Å². The number of hydrogen-bond donors (Lipinski definition) is 0. The van der Waals surface area contributed by atoms with Gasteiger partial charge in [0.15, 0.2) is 6.20 Å². The third-order valence-corrected chi connectivity index (χ3v) is 3.34. The Morgan fingerprint density at radius 2 is 2.38 bits per heavy atom. The minimum Gasteiger partial charge on any atom is -0.619 e. The first-order valence-corrected chi connectivity index (χ1v) is 5.52. The predicted octanol–water partition coefficient (Wildman–Crippen LogP) is 1.33. The molecule has 0 aliphatic rings. The second kappa shape index (κ2) is 3.28. The van der Waals surface area contributed by atoms with Crippen LogP contribution in [0, 0.1) is 5.21 Å². The molecule has 0 spiro atoms. The fourth-order valence-corrected chi connectivity index (χ4v) is 2.42. The van der Waals surface area contributed by atoms with E-state index in [1.807, 2.05) is 13.2 Å². The van der Waals surface area contributed by atoms with Gasteiger partial charge in [0.1, 0.15) is 10.5 Å². The van der Waals surface area contributed by atoms with E-state index in [9.17, 15) is 5.21 Å². The first-order valence-electron chi connectivity index (χ1n) is 4.71. The van der Waals surface area contributed by atoms with Crippen LogP contribution in [0.5, 0.6) is 0 Å². The summed E-state index contributed by atoms with van der Waals surface area (Å²) in [5.74, 6) is 0. The molecule has 0 aromatic carbocycles. The molecule has 3 aromatic heterocycles. The minimum atomic E-state index is 0.723. The van der Waals surface area contributed by atoms with Crippen LogP contribution in [0.2, 0.25) is 0 Å². The first-order chi connectivity index (χ1) is 7.72. The molecule has 0 atom stereocenters. The van der Waals surface area contributed by atoms with Crippen LogP contribution < -0.4 is 4.73 Å². The summed E-state index contributed by atoms with van der Waals surface area (Å²) in [6, 6.07) is 1.78. The second-order valence-corrected chi connectivity index (χ2v) is 4.51. The highest BCUT2D eigenvalue weighted by atomic mass is 32.1. The van der Waals surface area contributed by atoms with Crippen molar-refractivity contribution in [1.82, 2.24) is 14.8 Å². The van der Waals surface area contributed by atoms with Crippen LogP contribution in [0.3, 0.4) is 0 Å². The number of aromatic nitrogens is 4. The molecule has 0 radical (unpaired) electrons. The van der Waals surface area contributed by atoms with Crippen molar-refractivity contribution < 1.29 is 4.73 Å². The summed E-state index contributed by atoms with van der Waals surface area (Å²) < 4.78 is 3.50. The van der Waals surface area contributed by atoms with E-state index in [0.717, 1.165) is 25.5 Å². The third-order valence-electron chi connectivity index (χ3n) is 2.26. The number of nitrogens with zero attached hydrogens (tertiary/aromatic N) is 4. The molecule has 16 heavy (non-hydrogen) atoms. The predicted molar refractivity (Wildman–Crippen MR) is 60.8 cm³/mol. The molecule has 0 bridgehead atoms. The smallest absolute Gasteiger partial charge is 0.207 e. The topological polar surface area (TPSA) is 57.6 Å². The molecule has 80 valence electrons. The standard InChI is InChI=1S/C10H8N4OS/c1-13-5-7(4-11-13)10-12-8-6-14(15)3-2-9(8)16-10/h2-6H,1H3. The van der Waals surface area contributed by atoms with E-state index in [2.05, 4.69) is 10.1 Å². The number of rotatable bonds is 1. The molecule has 0 saturated carbocycles. The van der Waals surface area contributed by atoms with Gasteiger partial charge in [-0.3, -0.25) is 4.68 Å². The Morgan fingerprint density at radius 3 is 3.12 bits per heavy atom. The third kappa shape index (κ3) is 1.43. The highest BCUT2D eigenvalue weighted by Crippen LogP contribution is 2.28. The van der Waals surface area contributed by atoms with Crippen molar-refractivity contribution in [1.29, 1.82) is 0 Å². The van der Waals surface area contributed by atoms with Gasteiger partial charge in [0, 0.05) is 24.9 Å². The van der Waals surface area contributed by atoms with Gasteiger partial charge in [0.05, 0.1) is 10.9 Å². The van der Waals surface area contributed by atoms with Crippen molar-refractivity contribution in [3.8, 4) is 10.6 Å². The van der Waals surface area contributed by atoms with E-state index in [1.54, 1.807) is 28.3 Å². The summed E-state index contributed by atoms with van der Waals surface area (Å²) in [5.41, 5.74) is 1.70. The van der Waals surface area contributed by atoms with Crippen LogP contribution in [0.1, 0.15) is 0 Å². The van der Waals surface area contributed by atoms with Crippen LogP contribution in [-0.2, 0) is 7.05 Å². The monoisotopic (exact) mass is 232 g/mol. The molecule has 0 aliphatic heterocycles. The SMILES string of the molecule is Cn1cc(-c2nc3c[n+]([O-])ccc3s2)cn1. The van der Waals surface area contributed by atoms with Gasteiger partial charge in [-0.25, -0.2) is 4.98 Å². The van der Waals surface area contributed by atoms with Crippen molar-refractivity contribution in [2.75, 3.05) is 0 Å². The van der Waals surface area contributed by atoms with Crippen LogP contribution in [0.15, 0.2) is 30.9 Å². The Bertz CT molecular complexity index is 658. The minimum absolute atomic E-state index is 0.723. The van der Waals surface area contributed by atoms with Crippen molar-refractivity contribution >= 4 is 21.6 Å². The molecule has 3 aromatic rings. The fourth-order valence-electron chi connectivity index (χ4n) is 1.52. The van der Waals surface area contributed by atoms with E-state index >= 15 is 0 Å². The molecule has 6 heteroatoms. The molecule has 0 saturated heterocycles. The maximum absolute atomic E-state index is 11.1. The quantitative estimate of drug-likeness (QED) is 0.470. The maximum atomic E-state index is 11.1. The van der Waals surface area contributed by atoms with Gasteiger partial charge in [-0.2, -0.15) is 9.83 Å². The maximum Gasteiger partial charge on any atom is 0.207 e. The Kier molecular flexibility index (Phi) is 1.90. The summed E-state index contributed by atoms with van der Waals surface area (Å²) in [5, 5.41) is 16.1. The van der Waals surface area contributed by atoms with Gasteiger partial charge in [-0.15, -0.1) is 11.3 Å². The summed E-state index contributed by atoms with van der Waals surface area (Å²) in [6.07, 6.45) is 6.63. The lowest BCUT2D eigenvalue weighted by molar-refractivity contribution is -0.603. The van der Waals surface area contributed by atoms with E-state index in [1.165, 1.54) is 12.4 Å². The number of fused-ring (bicyclic) bond motifs is 1. The van der Waals surface area contributed by atoms with Gasteiger partial charge in [-0.05, 0) is 0 Å². The average molecular weight is 232 g/mol. The zero-order chi connectivity index (χ0) is 11.1. The Hall–Kier alpha value is -1.95. The fraction of sp³-hybridized carbons (Fsp3) is 0.100. The van der Waals surface area contributed by atoms with Crippen LogP contribution in [0.4, 0.5) is 0 Å². The molecule has 3 rings (SSSR count). The molecule has 0 N–H and O–H groups in total.